The lowest BCUT2D eigenvalue weighted by molar-refractivity contribution is 0.473. The van der Waals surface area contributed by atoms with E-state index in [2.05, 4.69) is 10.9 Å². The number of aromatic hydroxyl groups is 2. The molecule has 1 heterocycles. The molecule has 0 amide bonds. The highest BCUT2D eigenvalue weighted by Gasteiger charge is 2.36. The zero-order valence-electron chi connectivity index (χ0n) is 14.6. The van der Waals surface area contributed by atoms with Gasteiger partial charge in [0.1, 0.15) is 11.5 Å². The van der Waals surface area contributed by atoms with Crippen LogP contribution in [0.1, 0.15) is 23.1 Å². The topological polar surface area (TPSA) is 117 Å². The lowest BCUT2D eigenvalue weighted by atomic mass is 9.85. The maximum atomic E-state index is 10.4. The molecule has 1 aliphatic heterocycles. The van der Waals surface area contributed by atoms with Gasteiger partial charge in [0.15, 0.2) is 0 Å². The van der Waals surface area contributed by atoms with Crippen molar-refractivity contribution in [1.29, 1.82) is 0 Å². The standard InChI is InChI=1S/C21H22N4O2/c22-15-3-1-2-13(10-15)17-11-14(6-9-18(17)27)19-20(24-25-21(19)23)12-4-7-16(26)8-5-12/h1-11,19-21,24-27H,22-23H2. The van der Waals surface area contributed by atoms with Crippen LogP contribution in [-0.4, -0.2) is 16.4 Å². The van der Waals surface area contributed by atoms with Crippen molar-refractivity contribution >= 4 is 5.69 Å². The second kappa shape index (κ2) is 6.92. The predicted octanol–water partition coefficient (Wildman–Crippen LogP) is 2.56. The average molecular weight is 362 g/mol. The number of nitrogens with one attached hydrogen (secondary N) is 2. The maximum Gasteiger partial charge on any atom is 0.123 e. The number of nitrogen functional groups attached to an aromatic ring is 1. The average Bonchev–Trinajstić information content (AvgIpc) is 3.04. The van der Waals surface area contributed by atoms with Crippen LogP contribution in [0, 0.1) is 0 Å². The summed E-state index contributed by atoms with van der Waals surface area (Å²) in [6.45, 7) is 0. The summed E-state index contributed by atoms with van der Waals surface area (Å²) in [7, 11) is 0. The fourth-order valence-corrected chi connectivity index (χ4v) is 3.64. The SMILES string of the molecule is Nc1cccc(-c2cc(C3C(N)NNC3c3ccc(O)cc3)ccc2O)c1. The number of hydrogen-bond donors (Lipinski definition) is 6. The Morgan fingerprint density at radius 1 is 0.815 bits per heavy atom. The van der Waals surface area contributed by atoms with E-state index in [1.54, 1.807) is 18.2 Å². The van der Waals surface area contributed by atoms with Gasteiger partial charge < -0.3 is 21.7 Å². The zero-order valence-corrected chi connectivity index (χ0v) is 14.6. The molecule has 0 bridgehead atoms. The van der Waals surface area contributed by atoms with Crippen molar-refractivity contribution in [3.05, 3.63) is 77.9 Å². The second-order valence-electron chi connectivity index (χ2n) is 6.81. The van der Waals surface area contributed by atoms with Gasteiger partial charge in [-0.05, 0) is 53.1 Å². The van der Waals surface area contributed by atoms with E-state index in [1.165, 1.54) is 0 Å². The van der Waals surface area contributed by atoms with Crippen LogP contribution in [0.5, 0.6) is 11.5 Å². The molecule has 3 aromatic carbocycles. The molecule has 1 saturated heterocycles. The van der Waals surface area contributed by atoms with E-state index in [-0.39, 0.29) is 29.6 Å². The molecule has 0 radical (unpaired) electrons. The third kappa shape index (κ3) is 3.33. The largest absolute Gasteiger partial charge is 0.508 e. The number of phenolic OH excluding ortho intramolecular Hbond substituents is 2. The van der Waals surface area contributed by atoms with Gasteiger partial charge in [-0.2, -0.15) is 0 Å². The van der Waals surface area contributed by atoms with E-state index in [0.717, 1.165) is 16.7 Å². The van der Waals surface area contributed by atoms with Crippen LogP contribution < -0.4 is 22.3 Å². The molecule has 4 rings (SSSR count). The Hall–Kier alpha value is -3.06. The van der Waals surface area contributed by atoms with Crippen molar-refractivity contribution in [3.8, 4) is 22.6 Å². The first-order valence-electron chi connectivity index (χ1n) is 8.77. The number of rotatable bonds is 3. The fourth-order valence-electron chi connectivity index (χ4n) is 3.64. The van der Waals surface area contributed by atoms with Crippen molar-refractivity contribution in [3.63, 3.8) is 0 Å². The Bertz CT molecular complexity index is 959. The fraction of sp³-hybridized carbons (Fsp3) is 0.143. The van der Waals surface area contributed by atoms with Crippen LogP contribution in [0.15, 0.2) is 66.7 Å². The Morgan fingerprint density at radius 2 is 1.56 bits per heavy atom. The van der Waals surface area contributed by atoms with Gasteiger partial charge >= 0.3 is 0 Å². The summed E-state index contributed by atoms with van der Waals surface area (Å²) in [5, 5.41) is 19.9. The van der Waals surface area contributed by atoms with Crippen LogP contribution in [0.4, 0.5) is 5.69 Å². The van der Waals surface area contributed by atoms with Crippen LogP contribution >= 0.6 is 0 Å². The highest BCUT2D eigenvalue weighted by Crippen LogP contribution is 2.39. The molecule has 3 aromatic rings. The Labute approximate surface area is 157 Å². The number of hydrogen-bond acceptors (Lipinski definition) is 6. The highest BCUT2D eigenvalue weighted by molar-refractivity contribution is 5.73. The summed E-state index contributed by atoms with van der Waals surface area (Å²) >= 11 is 0. The molecule has 0 aromatic heterocycles. The van der Waals surface area contributed by atoms with Crippen molar-refractivity contribution < 1.29 is 10.2 Å². The molecule has 1 aliphatic rings. The van der Waals surface area contributed by atoms with Crippen molar-refractivity contribution in [2.45, 2.75) is 18.1 Å². The van der Waals surface area contributed by atoms with E-state index in [9.17, 15) is 10.2 Å². The number of phenols is 2. The summed E-state index contributed by atoms with van der Waals surface area (Å²) < 4.78 is 0. The first-order valence-corrected chi connectivity index (χ1v) is 8.77. The molecule has 0 aliphatic carbocycles. The van der Waals surface area contributed by atoms with E-state index >= 15 is 0 Å². The molecule has 1 fully saturated rings. The van der Waals surface area contributed by atoms with Crippen molar-refractivity contribution in [2.75, 3.05) is 5.73 Å². The van der Waals surface area contributed by atoms with Gasteiger partial charge in [-0.1, -0.05) is 30.3 Å². The van der Waals surface area contributed by atoms with Crippen LogP contribution in [0.3, 0.4) is 0 Å². The van der Waals surface area contributed by atoms with E-state index < -0.39 is 0 Å². The maximum absolute atomic E-state index is 10.4. The van der Waals surface area contributed by atoms with Gasteiger partial charge in [0, 0.05) is 17.2 Å². The Balaban J connectivity index is 1.75. The summed E-state index contributed by atoms with van der Waals surface area (Å²) in [6, 6.07) is 19.9. The molecule has 3 atom stereocenters. The van der Waals surface area contributed by atoms with Gasteiger partial charge in [0.2, 0.25) is 0 Å². The van der Waals surface area contributed by atoms with E-state index in [1.807, 2.05) is 48.5 Å². The summed E-state index contributed by atoms with van der Waals surface area (Å²) in [4.78, 5) is 0. The molecule has 0 saturated carbocycles. The number of anilines is 1. The molecule has 3 unspecified atom stereocenters. The quantitative estimate of drug-likeness (QED) is 0.399. The lowest BCUT2D eigenvalue weighted by Gasteiger charge is -2.23. The minimum absolute atomic E-state index is 0.0602. The first-order chi connectivity index (χ1) is 13.0. The van der Waals surface area contributed by atoms with Crippen molar-refractivity contribution in [1.82, 2.24) is 10.9 Å². The van der Waals surface area contributed by atoms with Gasteiger partial charge in [0.25, 0.3) is 0 Å². The van der Waals surface area contributed by atoms with Crippen LogP contribution in [-0.2, 0) is 0 Å². The molecular formula is C21H22N4O2. The second-order valence-corrected chi connectivity index (χ2v) is 6.81. The summed E-state index contributed by atoms with van der Waals surface area (Å²) in [5.74, 6) is 0.354. The third-order valence-electron chi connectivity index (χ3n) is 5.01. The molecule has 6 nitrogen and oxygen atoms in total. The number of benzene rings is 3. The molecule has 0 spiro atoms. The van der Waals surface area contributed by atoms with E-state index in [0.29, 0.717) is 11.3 Å². The third-order valence-corrected chi connectivity index (χ3v) is 5.01. The van der Waals surface area contributed by atoms with E-state index in [4.69, 9.17) is 11.5 Å². The van der Waals surface area contributed by atoms with Gasteiger partial charge in [-0.3, -0.25) is 0 Å². The normalized spacial score (nSPS) is 22.0. The van der Waals surface area contributed by atoms with Gasteiger partial charge in [-0.15, -0.1) is 0 Å². The zero-order chi connectivity index (χ0) is 19.0. The Morgan fingerprint density at radius 3 is 2.30 bits per heavy atom. The minimum Gasteiger partial charge on any atom is -0.508 e. The van der Waals surface area contributed by atoms with Gasteiger partial charge in [0.05, 0.1) is 12.2 Å². The molecule has 6 heteroatoms. The molecule has 27 heavy (non-hydrogen) atoms. The smallest absolute Gasteiger partial charge is 0.123 e. The Kier molecular flexibility index (Phi) is 4.45. The molecule has 8 N–H and O–H groups in total. The van der Waals surface area contributed by atoms with Crippen LogP contribution in [0.25, 0.3) is 11.1 Å². The molecular weight excluding hydrogens is 340 g/mol. The molecule has 138 valence electrons. The van der Waals surface area contributed by atoms with Crippen molar-refractivity contribution in [2.24, 2.45) is 5.73 Å². The lowest BCUT2D eigenvalue weighted by Crippen LogP contribution is -2.38. The number of nitrogens with two attached hydrogens (primary N) is 2. The number of hydrazine groups is 1. The first kappa shape index (κ1) is 17.4. The van der Waals surface area contributed by atoms with Crippen LogP contribution in [0.2, 0.25) is 0 Å². The minimum atomic E-state index is -0.304. The predicted molar refractivity (Wildman–Crippen MR) is 106 cm³/mol. The summed E-state index contributed by atoms with van der Waals surface area (Å²) in [5.41, 5.74) is 22.7. The summed E-state index contributed by atoms with van der Waals surface area (Å²) in [6.07, 6.45) is -0.304. The van der Waals surface area contributed by atoms with Gasteiger partial charge in [-0.25, -0.2) is 10.9 Å². The highest BCUT2D eigenvalue weighted by atomic mass is 16.3. The monoisotopic (exact) mass is 362 g/mol.